The Balaban J connectivity index is 0.00000256. The Morgan fingerprint density at radius 2 is 1.82 bits per heavy atom. The van der Waals surface area contributed by atoms with Crippen LogP contribution in [0, 0.1) is 0 Å². The number of carbonyl (C=O) groups excluding carboxylic acids is 2. The number of aliphatic carboxylic acids is 1. The second-order valence-corrected chi connectivity index (χ2v) is 3.60. The van der Waals surface area contributed by atoms with Crippen molar-refractivity contribution in [3.05, 3.63) is 12.2 Å². The third-order valence-corrected chi connectivity index (χ3v) is 2.36. The van der Waals surface area contributed by atoms with Gasteiger partial charge in [-0.2, -0.15) is 0 Å². The van der Waals surface area contributed by atoms with Crippen LogP contribution >= 0.6 is 12.4 Å². The Labute approximate surface area is 105 Å². The molecule has 3 N–H and O–H groups in total. The molecule has 0 saturated heterocycles. The lowest BCUT2D eigenvalue weighted by Crippen LogP contribution is -2.32. The fraction of sp³-hybridized carbons (Fsp3) is 0.500. The molecular formula is C10H15ClN2O4. The van der Waals surface area contributed by atoms with Crippen LogP contribution in [-0.2, 0) is 14.4 Å². The molecule has 1 aliphatic heterocycles. The lowest BCUT2D eigenvalue weighted by molar-refractivity contribution is -0.139. The van der Waals surface area contributed by atoms with Gasteiger partial charge in [-0.25, -0.2) is 0 Å². The van der Waals surface area contributed by atoms with Gasteiger partial charge >= 0.3 is 5.97 Å². The number of amides is 2. The summed E-state index contributed by atoms with van der Waals surface area (Å²) in [6.07, 6.45) is 3.94. The Hall–Kier alpha value is -1.40. The fourth-order valence-electron chi connectivity index (χ4n) is 1.41. The van der Waals surface area contributed by atoms with Crippen molar-refractivity contribution in [3.63, 3.8) is 0 Å². The molecule has 0 bridgehead atoms. The summed E-state index contributed by atoms with van der Waals surface area (Å²) < 4.78 is 0. The number of rotatable bonds is 6. The molecule has 2 amide bonds. The van der Waals surface area contributed by atoms with Crippen LogP contribution < -0.4 is 5.73 Å². The number of imide groups is 1. The van der Waals surface area contributed by atoms with Gasteiger partial charge in [-0.3, -0.25) is 19.3 Å². The van der Waals surface area contributed by atoms with Crippen molar-refractivity contribution in [2.75, 3.05) is 6.54 Å². The summed E-state index contributed by atoms with van der Waals surface area (Å²) in [5, 5.41) is 8.52. The average molecular weight is 263 g/mol. The standard InChI is InChI=1S/C10H14N2O4.ClH/c11-7(10(15)16)3-1-2-6-12-8(13)4-5-9(12)14;/h4-5,7H,1-3,6,11H2,(H,15,16);1H/t7-;/m1./s1. The molecule has 7 heteroatoms. The van der Waals surface area contributed by atoms with E-state index in [1.807, 2.05) is 0 Å². The third kappa shape index (κ3) is 4.54. The summed E-state index contributed by atoms with van der Waals surface area (Å²) in [6.45, 7) is 0.316. The Bertz CT molecular complexity index is 325. The molecule has 0 saturated carbocycles. The van der Waals surface area contributed by atoms with Crippen LogP contribution in [0.2, 0.25) is 0 Å². The number of carboxylic acid groups (broad SMARTS) is 1. The van der Waals surface area contributed by atoms with Crippen LogP contribution in [0.1, 0.15) is 19.3 Å². The number of hydrogen-bond donors (Lipinski definition) is 2. The van der Waals surface area contributed by atoms with Crippen molar-refractivity contribution < 1.29 is 19.5 Å². The zero-order chi connectivity index (χ0) is 12.1. The van der Waals surface area contributed by atoms with Gasteiger partial charge < -0.3 is 10.8 Å². The molecule has 1 atom stereocenters. The molecule has 1 heterocycles. The molecule has 0 aromatic heterocycles. The molecule has 0 aliphatic carbocycles. The molecule has 0 aromatic rings. The molecule has 1 rings (SSSR count). The lowest BCUT2D eigenvalue weighted by Gasteiger charge is -2.13. The normalized spacial score (nSPS) is 15.9. The van der Waals surface area contributed by atoms with Gasteiger partial charge in [-0.05, 0) is 19.3 Å². The van der Waals surface area contributed by atoms with Crippen LogP contribution in [0.15, 0.2) is 12.2 Å². The number of unbranched alkanes of at least 4 members (excludes halogenated alkanes) is 1. The van der Waals surface area contributed by atoms with Crippen molar-refractivity contribution in [1.82, 2.24) is 4.90 Å². The van der Waals surface area contributed by atoms with Gasteiger partial charge in [0.05, 0.1) is 0 Å². The highest BCUT2D eigenvalue weighted by Gasteiger charge is 2.22. The second kappa shape index (κ2) is 7.03. The Morgan fingerprint density at radius 1 is 1.29 bits per heavy atom. The van der Waals surface area contributed by atoms with Gasteiger partial charge in [0, 0.05) is 18.7 Å². The monoisotopic (exact) mass is 262 g/mol. The molecule has 1 aliphatic rings. The van der Waals surface area contributed by atoms with E-state index >= 15 is 0 Å². The van der Waals surface area contributed by atoms with E-state index in [4.69, 9.17) is 10.8 Å². The fourth-order valence-corrected chi connectivity index (χ4v) is 1.41. The first-order chi connectivity index (χ1) is 7.52. The topological polar surface area (TPSA) is 101 Å². The van der Waals surface area contributed by atoms with Crippen molar-refractivity contribution in [3.8, 4) is 0 Å². The number of halogens is 1. The summed E-state index contributed by atoms with van der Waals surface area (Å²) in [6, 6.07) is -0.872. The zero-order valence-electron chi connectivity index (χ0n) is 9.17. The molecular weight excluding hydrogens is 248 g/mol. The molecule has 0 spiro atoms. The number of nitrogens with two attached hydrogens (primary N) is 1. The number of nitrogens with zero attached hydrogens (tertiary/aromatic N) is 1. The summed E-state index contributed by atoms with van der Waals surface area (Å²) in [5.74, 6) is -1.66. The molecule has 0 fully saturated rings. The SMILES string of the molecule is Cl.N[C@H](CCCCN1C(=O)C=CC1=O)C(=O)O. The summed E-state index contributed by atoms with van der Waals surface area (Å²) >= 11 is 0. The maximum absolute atomic E-state index is 11.1. The third-order valence-electron chi connectivity index (χ3n) is 2.36. The molecule has 0 radical (unpaired) electrons. The molecule has 96 valence electrons. The average Bonchev–Trinajstić information content (AvgIpc) is 2.54. The Morgan fingerprint density at radius 3 is 2.29 bits per heavy atom. The smallest absolute Gasteiger partial charge is 0.320 e. The van der Waals surface area contributed by atoms with Crippen molar-refractivity contribution in [2.24, 2.45) is 5.73 Å². The van der Waals surface area contributed by atoms with Gasteiger partial charge in [0.25, 0.3) is 11.8 Å². The summed E-state index contributed by atoms with van der Waals surface area (Å²) in [5.41, 5.74) is 5.31. The number of carbonyl (C=O) groups is 3. The predicted octanol–water partition coefficient (Wildman–Crippen LogP) is -0.0846. The first-order valence-corrected chi connectivity index (χ1v) is 5.04. The highest BCUT2D eigenvalue weighted by Crippen LogP contribution is 2.07. The first-order valence-electron chi connectivity index (χ1n) is 5.04. The van der Waals surface area contributed by atoms with E-state index in [9.17, 15) is 14.4 Å². The minimum atomic E-state index is -1.03. The van der Waals surface area contributed by atoms with Crippen molar-refractivity contribution in [2.45, 2.75) is 25.3 Å². The second-order valence-electron chi connectivity index (χ2n) is 3.60. The molecule has 0 unspecified atom stereocenters. The van der Waals surface area contributed by atoms with Crippen molar-refractivity contribution in [1.29, 1.82) is 0 Å². The van der Waals surface area contributed by atoms with Gasteiger partial charge in [0.1, 0.15) is 6.04 Å². The largest absolute Gasteiger partial charge is 0.480 e. The quantitative estimate of drug-likeness (QED) is 0.515. The van der Waals surface area contributed by atoms with Gasteiger partial charge in [0.2, 0.25) is 0 Å². The number of hydrogen-bond acceptors (Lipinski definition) is 4. The van der Waals surface area contributed by atoms with Crippen LogP contribution in [0.3, 0.4) is 0 Å². The zero-order valence-corrected chi connectivity index (χ0v) is 9.98. The molecule has 0 aromatic carbocycles. The van der Waals surface area contributed by atoms with E-state index < -0.39 is 12.0 Å². The Kier molecular flexibility index (Phi) is 6.45. The van der Waals surface area contributed by atoms with Gasteiger partial charge in [0.15, 0.2) is 0 Å². The highest BCUT2D eigenvalue weighted by molar-refractivity contribution is 6.12. The highest BCUT2D eigenvalue weighted by atomic mass is 35.5. The van der Waals surface area contributed by atoms with E-state index in [2.05, 4.69) is 0 Å². The maximum Gasteiger partial charge on any atom is 0.320 e. The van der Waals surface area contributed by atoms with Crippen molar-refractivity contribution >= 4 is 30.2 Å². The van der Waals surface area contributed by atoms with Crippen LogP contribution in [0.4, 0.5) is 0 Å². The first kappa shape index (κ1) is 15.6. The maximum atomic E-state index is 11.1. The minimum absolute atomic E-state index is 0. The lowest BCUT2D eigenvalue weighted by atomic mass is 10.1. The van der Waals surface area contributed by atoms with E-state index in [0.29, 0.717) is 25.8 Å². The van der Waals surface area contributed by atoms with Gasteiger partial charge in [-0.15, -0.1) is 12.4 Å². The molecule has 17 heavy (non-hydrogen) atoms. The van der Waals surface area contributed by atoms with Crippen LogP contribution in [0.5, 0.6) is 0 Å². The predicted molar refractivity (Wildman–Crippen MR) is 62.6 cm³/mol. The van der Waals surface area contributed by atoms with E-state index in [1.165, 1.54) is 12.2 Å². The van der Waals surface area contributed by atoms with Gasteiger partial charge in [-0.1, -0.05) is 0 Å². The summed E-state index contributed by atoms with van der Waals surface area (Å²) in [4.78, 5) is 33.8. The summed E-state index contributed by atoms with van der Waals surface area (Å²) in [7, 11) is 0. The van der Waals surface area contributed by atoms with Crippen LogP contribution in [0.25, 0.3) is 0 Å². The van der Waals surface area contributed by atoms with Crippen LogP contribution in [-0.4, -0.2) is 40.4 Å². The molecule has 6 nitrogen and oxygen atoms in total. The van der Waals surface area contributed by atoms with E-state index in [1.54, 1.807) is 0 Å². The number of carboxylic acids is 1. The minimum Gasteiger partial charge on any atom is -0.480 e. The van der Waals surface area contributed by atoms with E-state index in [-0.39, 0.29) is 24.2 Å². The van der Waals surface area contributed by atoms with E-state index in [0.717, 1.165) is 4.90 Å².